The van der Waals surface area contributed by atoms with Crippen molar-refractivity contribution in [2.24, 2.45) is 0 Å². The number of hydrogen-bond acceptors (Lipinski definition) is 3. The summed E-state index contributed by atoms with van der Waals surface area (Å²) in [5.41, 5.74) is 1.63. The summed E-state index contributed by atoms with van der Waals surface area (Å²) in [7, 11) is 0. The van der Waals surface area contributed by atoms with Gasteiger partial charge in [0.15, 0.2) is 0 Å². The van der Waals surface area contributed by atoms with E-state index < -0.39 is 17.8 Å². The van der Waals surface area contributed by atoms with Crippen LogP contribution in [-0.2, 0) is 9.59 Å². The Morgan fingerprint density at radius 3 is 2.43 bits per heavy atom. The van der Waals surface area contributed by atoms with E-state index in [1.54, 1.807) is 6.08 Å². The van der Waals surface area contributed by atoms with Crippen LogP contribution >= 0.6 is 22.6 Å². The van der Waals surface area contributed by atoms with Crippen LogP contribution in [0, 0.1) is 3.57 Å². The lowest BCUT2D eigenvalue weighted by molar-refractivity contribution is -0.132. The van der Waals surface area contributed by atoms with E-state index in [1.165, 1.54) is 4.90 Å². The number of benzene rings is 1. The van der Waals surface area contributed by atoms with E-state index in [2.05, 4.69) is 27.9 Å². The first kappa shape index (κ1) is 18.9. The van der Waals surface area contributed by atoms with Crippen molar-refractivity contribution in [3.05, 3.63) is 57.4 Å². The molecule has 1 N–H and O–H groups in total. The molecule has 4 amide bonds. The molecule has 2 fully saturated rings. The summed E-state index contributed by atoms with van der Waals surface area (Å²) >= 11 is 2.24. The second-order valence-electron chi connectivity index (χ2n) is 7.06. The highest BCUT2D eigenvalue weighted by atomic mass is 127. The van der Waals surface area contributed by atoms with Crippen LogP contribution in [0.1, 0.15) is 37.8 Å². The van der Waals surface area contributed by atoms with Gasteiger partial charge in [-0.05, 0) is 77.9 Å². The quantitative estimate of drug-likeness (QED) is 0.404. The molecule has 1 aromatic heterocycles. The third kappa shape index (κ3) is 3.63. The normalized spacial score (nSPS) is 20.0. The van der Waals surface area contributed by atoms with Crippen LogP contribution < -0.4 is 5.32 Å². The average Bonchev–Trinajstić information content (AvgIpc) is 3.15. The second-order valence-corrected chi connectivity index (χ2v) is 8.31. The Morgan fingerprint density at radius 2 is 1.71 bits per heavy atom. The van der Waals surface area contributed by atoms with Crippen molar-refractivity contribution in [3.8, 4) is 5.69 Å². The summed E-state index contributed by atoms with van der Waals surface area (Å²) < 4.78 is 3.03. The Hall–Kier alpha value is -2.42. The number of nitrogens with zero attached hydrogens (tertiary/aromatic N) is 2. The van der Waals surface area contributed by atoms with Crippen LogP contribution in [0.4, 0.5) is 4.79 Å². The number of imide groups is 2. The molecule has 0 unspecified atom stereocenters. The number of hydrogen-bond donors (Lipinski definition) is 1. The molecule has 6 nitrogen and oxygen atoms in total. The molecule has 7 heteroatoms. The maximum absolute atomic E-state index is 13.0. The third-order valence-electron chi connectivity index (χ3n) is 5.25. The first-order chi connectivity index (χ1) is 13.5. The van der Waals surface area contributed by atoms with Crippen molar-refractivity contribution in [2.45, 2.75) is 38.1 Å². The number of aromatic nitrogens is 1. The molecule has 1 saturated carbocycles. The SMILES string of the molecule is O=C1NC(=O)N(C2CCCCC2)C(=O)C1=Cc1cccn1-c1ccc(I)cc1. The molecule has 2 aliphatic rings. The number of nitrogens with one attached hydrogen (secondary N) is 1. The molecule has 0 bridgehead atoms. The molecule has 4 rings (SSSR count). The van der Waals surface area contributed by atoms with Gasteiger partial charge in [-0.3, -0.25) is 19.8 Å². The Labute approximate surface area is 176 Å². The fourth-order valence-electron chi connectivity index (χ4n) is 3.84. The summed E-state index contributed by atoms with van der Waals surface area (Å²) in [6, 6.07) is 10.9. The third-order valence-corrected chi connectivity index (χ3v) is 5.97. The van der Waals surface area contributed by atoms with Crippen LogP contribution in [0.3, 0.4) is 0 Å². The van der Waals surface area contributed by atoms with E-state index in [0.29, 0.717) is 5.69 Å². The highest BCUT2D eigenvalue weighted by Gasteiger charge is 2.40. The van der Waals surface area contributed by atoms with E-state index in [1.807, 2.05) is 47.2 Å². The first-order valence-electron chi connectivity index (χ1n) is 9.38. The standard InChI is InChI=1S/C21H20IN3O3/c22-14-8-10-15(11-9-14)24-12-4-7-17(24)13-18-19(26)23-21(28)25(20(18)27)16-5-2-1-3-6-16/h4,7-13,16H,1-3,5-6H2,(H,23,26,28). The van der Waals surface area contributed by atoms with Gasteiger partial charge in [0.1, 0.15) is 5.57 Å². The summed E-state index contributed by atoms with van der Waals surface area (Å²) in [6.45, 7) is 0. The van der Waals surface area contributed by atoms with Crippen molar-refractivity contribution < 1.29 is 14.4 Å². The van der Waals surface area contributed by atoms with Crippen molar-refractivity contribution in [2.75, 3.05) is 0 Å². The van der Waals surface area contributed by atoms with Crippen molar-refractivity contribution >= 4 is 46.5 Å². The average molecular weight is 489 g/mol. The summed E-state index contributed by atoms with van der Waals surface area (Å²) in [5, 5.41) is 2.33. The van der Waals surface area contributed by atoms with Gasteiger partial charge >= 0.3 is 6.03 Å². The Kier molecular flexibility index (Phi) is 5.34. The van der Waals surface area contributed by atoms with Gasteiger partial charge in [0, 0.05) is 27.2 Å². The molecule has 1 saturated heterocycles. The van der Waals surface area contributed by atoms with Gasteiger partial charge in [0.25, 0.3) is 11.8 Å². The van der Waals surface area contributed by atoms with Crippen LogP contribution in [0.15, 0.2) is 48.2 Å². The molecular weight excluding hydrogens is 469 g/mol. The fourth-order valence-corrected chi connectivity index (χ4v) is 4.20. The maximum atomic E-state index is 13.0. The second kappa shape index (κ2) is 7.90. The van der Waals surface area contributed by atoms with Crippen molar-refractivity contribution in [1.82, 2.24) is 14.8 Å². The molecular formula is C21H20IN3O3. The molecule has 0 atom stereocenters. The zero-order valence-corrected chi connectivity index (χ0v) is 17.4. The van der Waals surface area contributed by atoms with Crippen molar-refractivity contribution in [1.29, 1.82) is 0 Å². The minimum atomic E-state index is -0.641. The van der Waals surface area contributed by atoms with Crippen LogP contribution in [0.25, 0.3) is 11.8 Å². The molecule has 2 heterocycles. The Morgan fingerprint density at radius 1 is 1.00 bits per heavy atom. The number of amides is 4. The molecule has 144 valence electrons. The van der Waals surface area contributed by atoms with Gasteiger partial charge in [-0.25, -0.2) is 4.79 Å². The van der Waals surface area contributed by atoms with E-state index in [4.69, 9.17) is 0 Å². The van der Waals surface area contributed by atoms with Crippen LogP contribution in [-0.4, -0.2) is 33.4 Å². The van der Waals surface area contributed by atoms with Gasteiger partial charge < -0.3 is 4.57 Å². The smallest absolute Gasteiger partial charge is 0.317 e. The topological polar surface area (TPSA) is 71.4 Å². The zero-order chi connectivity index (χ0) is 19.7. The number of carbonyl (C=O) groups is 3. The Bertz CT molecular complexity index is 956. The number of urea groups is 1. The number of barbiturate groups is 1. The summed E-state index contributed by atoms with van der Waals surface area (Å²) in [5.74, 6) is -1.14. The lowest BCUT2D eigenvalue weighted by Gasteiger charge is -2.35. The van der Waals surface area contributed by atoms with Gasteiger partial charge in [0.2, 0.25) is 0 Å². The molecule has 1 aromatic carbocycles. The maximum Gasteiger partial charge on any atom is 0.331 e. The summed E-state index contributed by atoms with van der Waals surface area (Å²) in [4.78, 5) is 39.0. The first-order valence-corrected chi connectivity index (χ1v) is 10.5. The van der Waals surface area contributed by atoms with E-state index in [0.717, 1.165) is 41.4 Å². The predicted octanol–water partition coefficient (Wildman–Crippen LogP) is 3.88. The number of halogens is 1. The minimum Gasteiger partial charge on any atom is -0.317 e. The van der Waals surface area contributed by atoms with Crippen LogP contribution in [0.2, 0.25) is 0 Å². The minimum absolute atomic E-state index is 0.00404. The molecule has 2 aromatic rings. The van der Waals surface area contributed by atoms with Gasteiger partial charge in [-0.15, -0.1) is 0 Å². The Balaban J connectivity index is 1.68. The number of carbonyl (C=O) groups excluding carboxylic acids is 3. The van der Waals surface area contributed by atoms with E-state index >= 15 is 0 Å². The highest BCUT2D eigenvalue weighted by molar-refractivity contribution is 14.1. The van der Waals surface area contributed by atoms with Gasteiger partial charge in [0.05, 0.1) is 0 Å². The molecule has 1 aliphatic heterocycles. The predicted molar refractivity (Wildman–Crippen MR) is 114 cm³/mol. The molecule has 0 spiro atoms. The van der Waals surface area contributed by atoms with Crippen LogP contribution in [0.5, 0.6) is 0 Å². The largest absolute Gasteiger partial charge is 0.331 e. The zero-order valence-electron chi connectivity index (χ0n) is 15.2. The number of rotatable bonds is 3. The molecule has 0 radical (unpaired) electrons. The van der Waals surface area contributed by atoms with Gasteiger partial charge in [-0.2, -0.15) is 0 Å². The van der Waals surface area contributed by atoms with E-state index in [9.17, 15) is 14.4 Å². The highest BCUT2D eigenvalue weighted by Crippen LogP contribution is 2.26. The van der Waals surface area contributed by atoms with Crippen molar-refractivity contribution in [3.63, 3.8) is 0 Å². The summed E-state index contributed by atoms with van der Waals surface area (Å²) in [6.07, 6.45) is 8.13. The lowest BCUT2D eigenvalue weighted by atomic mass is 9.93. The van der Waals surface area contributed by atoms with E-state index in [-0.39, 0.29) is 11.6 Å². The monoisotopic (exact) mass is 489 g/mol. The fraction of sp³-hybridized carbons (Fsp3) is 0.286. The molecule has 1 aliphatic carbocycles. The van der Waals surface area contributed by atoms with Gasteiger partial charge in [-0.1, -0.05) is 19.3 Å². The molecule has 28 heavy (non-hydrogen) atoms. The lowest BCUT2D eigenvalue weighted by Crippen LogP contribution is -2.58.